The summed E-state index contributed by atoms with van der Waals surface area (Å²) in [4.78, 5) is 4.61. The molecule has 0 unspecified atom stereocenters. The monoisotopic (exact) mass is 392 g/mol. The molecule has 1 heterocycles. The fourth-order valence-corrected chi connectivity index (χ4v) is 3.41. The van der Waals surface area contributed by atoms with Crippen LogP contribution in [0.4, 0.5) is 0 Å². The summed E-state index contributed by atoms with van der Waals surface area (Å²) in [6.45, 7) is 4.87. The van der Waals surface area contributed by atoms with Crippen LogP contribution in [0, 0.1) is 11.3 Å². The highest BCUT2D eigenvalue weighted by molar-refractivity contribution is 7.11. The third-order valence-electron chi connectivity index (χ3n) is 3.91. The van der Waals surface area contributed by atoms with E-state index in [-0.39, 0.29) is 5.75 Å². The third kappa shape index (κ3) is 4.51. The van der Waals surface area contributed by atoms with Crippen molar-refractivity contribution in [3.8, 4) is 34.6 Å². The van der Waals surface area contributed by atoms with Gasteiger partial charge in [0.2, 0.25) is 0 Å². The minimum atomic E-state index is 0.0737. The van der Waals surface area contributed by atoms with Gasteiger partial charge in [-0.25, -0.2) is 4.98 Å². The topological polar surface area (TPSA) is 75.4 Å². The smallest absolute Gasteiger partial charge is 0.161 e. The molecule has 3 aromatic rings. The molecule has 5 nitrogen and oxygen atoms in total. The first-order valence-electron chi connectivity index (χ1n) is 8.91. The molecule has 0 fully saturated rings. The zero-order valence-electron chi connectivity index (χ0n) is 15.7. The summed E-state index contributed by atoms with van der Waals surface area (Å²) in [5.41, 5.74) is 2.99. The van der Waals surface area contributed by atoms with Crippen LogP contribution in [0.15, 0.2) is 47.8 Å². The summed E-state index contributed by atoms with van der Waals surface area (Å²) in [5.74, 6) is 1.28. The van der Waals surface area contributed by atoms with Crippen LogP contribution >= 0.6 is 11.3 Å². The van der Waals surface area contributed by atoms with E-state index >= 15 is 0 Å². The van der Waals surface area contributed by atoms with Gasteiger partial charge in [-0.2, -0.15) is 5.26 Å². The predicted octanol–water partition coefficient (Wildman–Crippen LogP) is 5.38. The van der Waals surface area contributed by atoms with Crippen LogP contribution in [0.3, 0.4) is 0 Å². The lowest BCUT2D eigenvalue weighted by Gasteiger charge is -2.06. The average Bonchev–Trinajstić information content (AvgIpc) is 3.19. The van der Waals surface area contributed by atoms with Crippen molar-refractivity contribution in [3.05, 3.63) is 58.4 Å². The first kappa shape index (κ1) is 19.5. The molecule has 0 spiro atoms. The number of ether oxygens (including phenoxy) is 2. The van der Waals surface area contributed by atoms with E-state index in [4.69, 9.17) is 9.47 Å². The van der Waals surface area contributed by atoms with Crippen molar-refractivity contribution in [2.24, 2.45) is 0 Å². The molecule has 0 saturated carbocycles. The van der Waals surface area contributed by atoms with E-state index in [1.165, 1.54) is 11.3 Å². The van der Waals surface area contributed by atoms with E-state index in [1.54, 1.807) is 24.3 Å². The number of hydrogen-bond acceptors (Lipinski definition) is 6. The quantitative estimate of drug-likeness (QED) is 0.547. The van der Waals surface area contributed by atoms with Gasteiger partial charge in [0.15, 0.2) is 11.5 Å². The number of phenolic OH excluding ortho intramolecular Hbond substituents is 1. The number of aromatic nitrogens is 1. The summed E-state index contributed by atoms with van der Waals surface area (Å²) in [6, 6.07) is 14.9. The molecule has 1 aromatic heterocycles. The maximum atomic E-state index is 9.83. The fraction of sp³-hybridized carbons (Fsp3) is 0.182. The summed E-state index contributed by atoms with van der Waals surface area (Å²) < 4.78 is 10.9. The number of nitriles is 1. The van der Waals surface area contributed by atoms with Gasteiger partial charge in [-0.1, -0.05) is 6.07 Å². The standard InChI is InChI=1S/C22H20N2O3S/c1-3-26-18-8-6-16(7-9-18)19-14-28-22(24-19)17(13-23)11-15-5-10-20(25)21(12-15)27-4-2/h5-12,14,25H,3-4H2,1-2H3/b17-11+. The lowest BCUT2D eigenvalue weighted by atomic mass is 10.1. The van der Waals surface area contributed by atoms with Crippen LogP contribution in [0.5, 0.6) is 17.2 Å². The second-order valence-electron chi connectivity index (χ2n) is 5.83. The van der Waals surface area contributed by atoms with E-state index in [1.807, 2.05) is 43.5 Å². The van der Waals surface area contributed by atoms with Crippen LogP contribution in [0.25, 0.3) is 22.9 Å². The van der Waals surface area contributed by atoms with Gasteiger partial charge in [-0.05, 0) is 61.9 Å². The van der Waals surface area contributed by atoms with Crippen molar-refractivity contribution >= 4 is 23.0 Å². The lowest BCUT2D eigenvalue weighted by molar-refractivity contribution is 0.318. The summed E-state index contributed by atoms with van der Waals surface area (Å²) >= 11 is 1.41. The molecule has 0 saturated heterocycles. The third-order valence-corrected chi connectivity index (χ3v) is 4.79. The normalized spacial score (nSPS) is 11.1. The van der Waals surface area contributed by atoms with Crippen LogP contribution in [-0.4, -0.2) is 23.3 Å². The van der Waals surface area contributed by atoms with Gasteiger partial charge in [0.25, 0.3) is 0 Å². The average molecular weight is 392 g/mol. The Morgan fingerprint density at radius 3 is 2.57 bits per heavy atom. The van der Waals surface area contributed by atoms with Crippen molar-refractivity contribution in [2.45, 2.75) is 13.8 Å². The number of rotatable bonds is 7. The van der Waals surface area contributed by atoms with E-state index in [0.717, 1.165) is 22.6 Å². The second kappa shape index (κ2) is 9.07. The number of nitrogens with zero attached hydrogens (tertiary/aromatic N) is 2. The molecule has 1 N–H and O–H groups in total. The first-order valence-corrected chi connectivity index (χ1v) is 9.79. The molecule has 6 heteroatoms. The number of allylic oxidation sites excluding steroid dienone is 1. The van der Waals surface area contributed by atoms with E-state index < -0.39 is 0 Å². The number of thiazole rings is 1. The maximum Gasteiger partial charge on any atom is 0.161 e. The van der Waals surface area contributed by atoms with Gasteiger partial charge < -0.3 is 14.6 Å². The molecule has 0 amide bonds. The van der Waals surface area contributed by atoms with Crippen molar-refractivity contribution in [1.29, 1.82) is 5.26 Å². The maximum absolute atomic E-state index is 9.83. The van der Waals surface area contributed by atoms with E-state index in [2.05, 4.69) is 11.1 Å². The van der Waals surface area contributed by atoms with Crippen LogP contribution in [0.1, 0.15) is 24.4 Å². The Labute approximate surface area is 168 Å². The van der Waals surface area contributed by atoms with Crippen LogP contribution in [0.2, 0.25) is 0 Å². The van der Waals surface area contributed by atoms with Gasteiger partial charge in [-0.3, -0.25) is 0 Å². The number of phenols is 1. The number of benzene rings is 2. The van der Waals surface area contributed by atoms with Crippen molar-refractivity contribution in [1.82, 2.24) is 4.98 Å². The SMILES string of the molecule is CCOc1ccc(-c2csc(/C(C#N)=C/c3ccc(O)c(OCC)c3)n2)cc1. The van der Waals surface area contributed by atoms with Crippen LogP contribution in [-0.2, 0) is 0 Å². The Morgan fingerprint density at radius 2 is 1.89 bits per heavy atom. The molecular weight excluding hydrogens is 372 g/mol. The number of hydrogen-bond donors (Lipinski definition) is 1. The molecule has 28 heavy (non-hydrogen) atoms. The van der Waals surface area contributed by atoms with Crippen molar-refractivity contribution < 1.29 is 14.6 Å². The molecule has 3 rings (SSSR count). The van der Waals surface area contributed by atoms with E-state index in [9.17, 15) is 10.4 Å². The highest BCUT2D eigenvalue weighted by Gasteiger charge is 2.10. The molecule has 0 atom stereocenters. The Kier molecular flexibility index (Phi) is 6.30. The zero-order valence-corrected chi connectivity index (χ0v) is 16.5. The molecule has 142 valence electrons. The fourth-order valence-electron chi connectivity index (χ4n) is 2.62. The molecule has 0 aliphatic carbocycles. The predicted molar refractivity (Wildman–Crippen MR) is 111 cm³/mol. The highest BCUT2D eigenvalue weighted by atomic mass is 32.1. The highest BCUT2D eigenvalue weighted by Crippen LogP contribution is 2.31. The minimum Gasteiger partial charge on any atom is -0.504 e. The Hall–Kier alpha value is -3.30. The molecule has 0 bridgehead atoms. The van der Waals surface area contributed by atoms with Gasteiger partial charge in [0.05, 0.1) is 24.5 Å². The largest absolute Gasteiger partial charge is 0.504 e. The zero-order chi connectivity index (χ0) is 19.9. The number of aromatic hydroxyl groups is 1. The van der Waals surface area contributed by atoms with Gasteiger partial charge in [-0.15, -0.1) is 11.3 Å². The van der Waals surface area contributed by atoms with E-state index in [0.29, 0.717) is 29.5 Å². The summed E-state index contributed by atoms with van der Waals surface area (Å²) in [7, 11) is 0. The molecular formula is C22H20N2O3S. The Balaban J connectivity index is 1.87. The van der Waals surface area contributed by atoms with Crippen molar-refractivity contribution in [2.75, 3.05) is 13.2 Å². The molecule has 2 aromatic carbocycles. The molecule has 0 aliphatic heterocycles. The van der Waals surface area contributed by atoms with Crippen LogP contribution < -0.4 is 9.47 Å². The Bertz CT molecular complexity index is 1020. The summed E-state index contributed by atoms with van der Waals surface area (Å²) in [6.07, 6.45) is 1.74. The second-order valence-corrected chi connectivity index (χ2v) is 6.68. The van der Waals surface area contributed by atoms with Gasteiger partial charge in [0.1, 0.15) is 16.8 Å². The van der Waals surface area contributed by atoms with Crippen molar-refractivity contribution in [3.63, 3.8) is 0 Å². The minimum absolute atomic E-state index is 0.0737. The lowest BCUT2D eigenvalue weighted by Crippen LogP contribution is -1.92. The van der Waals surface area contributed by atoms with Gasteiger partial charge >= 0.3 is 0 Å². The molecule has 0 aliphatic rings. The Morgan fingerprint density at radius 1 is 1.14 bits per heavy atom. The van der Waals surface area contributed by atoms with Gasteiger partial charge in [0, 0.05) is 10.9 Å². The summed E-state index contributed by atoms with van der Waals surface area (Å²) in [5, 5.41) is 22.0. The first-order chi connectivity index (χ1) is 13.6. The molecule has 0 radical (unpaired) electrons.